The molecule has 0 aliphatic heterocycles. The molecule has 1 atom stereocenters. The first kappa shape index (κ1) is 25.1. The second kappa shape index (κ2) is 10.7. The lowest BCUT2D eigenvalue weighted by Crippen LogP contribution is -2.43. The van der Waals surface area contributed by atoms with Crippen molar-refractivity contribution in [2.75, 3.05) is 52.5 Å². The minimum atomic E-state index is -5.72. The van der Waals surface area contributed by atoms with Crippen LogP contribution in [0.25, 0.3) is 0 Å². The summed E-state index contributed by atoms with van der Waals surface area (Å²) in [7, 11) is 1.44. The summed E-state index contributed by atoms with van der Waals surface area (Å²) < 4.78 is 82.8. The molecule has 166 valence electrons. The Morgan fingerprint density at radius 1 is 0.931 bits per heavy atom. The molecule has 0 bridgehead atoms. The number of esters is 1. The number of nitrogen functional groups attached to an aromatic ring is 1. The number of carbonyl (C=O) groups excluding carboxylic acids is 1. The third kappa shape index (κ3) is 8.50. The second-order valence-corrected chi connectivity index (χ2v) is 6.75. The van der Waals surface area contributed by atoms with Crippen LogP contribution in [-0.4, -0.2) is 64.8 Å². The van der Waals surface area contributed by atoms with E-state index < -0.39 is 36.7 Å². The minimum absolute atomic E-state index is 0.122. The molecule has 0 aliphatic carbocycles. The molecule has 1 aromatic carbocycles. The van der Waals surface area contributed by atoms with Crippen molar-refractivity contribution < 1.29 is 45.7 Å². The molecule has 11 heteroatoms. The summed E-state index contributed by atoms with van der Waals surface area (Å²) in [6, 6.07) is 5.85. The monoisotopic (exact) mass is 429 g/mol. The van der Waals surface area contributed by atoms with Crippen molar-refractivity contribution in [3.05, 3.63) is 29.8 Å². The van der Waals surface area contributed by atoms with Gasteiger partial charge in [0.25, 0.3) is 0 Å². The van der Waals surface area contributed by atoms with E-state index in [1.165, 1.54) is 38.3 Å². The molecule has 0 radical (unpaired) electrons. The Kier molecular flexibility index (Phi) is 9.24. The highest BCUT2D eigenvalue weighted by atomic mass is 19.4. The number of methoxy groups -OCH3 is 1. The largest absolute Gasteiger partial charge is 0.461 e. The molecular formula is C18H24F5NO5. The van der Waals surface area contributed by atoms with Crippen LogP contribution in [0.3, 0.4) is 0 Å². The van der Waals surface area contributed by atoms with E-state index in [9.17, 15) is 26.7 Å². The Morgan fingerprint density at radius 2 is 1.52 bits per heavy atom. The van der Waals surface area contributed by atoms with Crippen molar-refractivity contribution in [1.29, 1.82) is 0 Å². The van der Waals surface area contributed by atoms with Crippen LogP contribution in [0, 0.1) is 5.41 Å². The van der Waals surface area contributed by atoms with Crippen molar-refractivity contribution in [3.63, 3.8) is 0 Å². The first-order valence-corrected chi connectivity index (χ1v) is 8.52. The first-order chi connectivity index (χ1) is 13.4. The van der Waals surface area contributed by atoms with Gasteiger partial charge in [-0.2, -0.15) is 22.0 Å². The third-order valence-electron chi connectivity index (χ3n) is 3.73. The van der Waals surface area contributed by atoms with E-state index in [2.05, 4.69) is 4.74 Å². The molecule has 0 heterocycles. The number of rotatable bonds is 12. The number of anilines is 1. The summed E-state index contributed by atoms with van der Waals surface area (Å²) in [5.41, 5.74) is 5.01. The normalized spacial score (nSPS) is 14.4. The summed E-state index contributed by atoms with van der Waals surface area (Å²) in [4.78, 5) is 12.1. The summed E-state index contributed by atoms with van der Waals surface area (Å²) >= 11 is 0. The van der Waals surface area contributed by atoms with Gasteiger partial charge in [0.15, 0.2) is 0 Å². The van der Waals surface area contributed by atoms with Crippen LogP contribution in [-0.2, 0) is 18.9 Å². The molecule has 6 nitrogen and oxygen atoms in total. The molecule has 0 aromatic heterocycles. The number of nitrogens with two attached hydrogens (primary N) is 1. The zero-order valence-electron chi connectivity index (χ0n) is 16.1. The topological polar surface area (TPSA) is 80.0 Å². The van der Waals surface area contributed by atoms with E-state index in [4.69, 9.17) is 19.9 Å². The van der Waals surface area contributed by atoms with E-state index in [1.807, 2.05) is 0 Å². The number of hydrogen-bond donors (Lipinski definition) is 1. The lowest BCUT2D eigenvalue weighted by atomic mass is 9.94. The maximum atomic E-state index is 13.0. The van der Waals surface area contributed by atoms with Crippen molar-refractivity contribution >= 4 is 11.7 Å². The molecule has 1 rings (SSSR count). The molecule has 0 saturated carbocycles. The van der Waals surface area contributed by atoms with Crippen LogP contribution in [0.1, 0.15) is 17.3 Å². The summed E-state index contributed by atoms with van der Waals surface area (Å²) in [5, 5.41) is 0. The molecule has 2 N–H and O–H groups in total. The van der Waals surface area contributed by atoms with Gasteiger partial charge in [-0.1, -0.05) is 6.92 Å². The summed E-state index contributed by atoms with van der Waals surface area (Å²) in [6.07, 6.45) is -5.72. The van der Waals surface area contributed by atoms with Gasteiger partial charge in [-0.15, -0.1) is 0 Å². The minimum Gasteiger partial charge on any atom is -0.461 e. The Morgan fingerprint density at radius 3 is 2.07 bits per heavy atom. The molecule has 0 amide bonds. The molecule has 1 aromatic rings. The molecular weight excluding hydrogens is 405 g/mol. The predicted molar refractivity (Wildman–Crippen MR) is 93.8 cm³/mol. The Hall–Kier alpha value is -1.98. The predicted octanol–water partition coefficient (Wildman–Crippen LogP) is 3.31. The lowest BCUT2D eigenvalue weighted by Gasteiger charge is -2.29. The van der Waals surface area contributed by atoms with Gasteiger partial charge in [0.2, 0.25) is 0 Å². The van der Waals surface area contributed by atoms with Gasteiger partial charge in [0.05, 0.1) is 32.0 Å². The van der Waals surface area contributed by atoms with Crippen LogP contribution < -0.4 is 5.73 Å². The highest BCUT2D eigenvalue weighted by Crippen LogP contribution is 2.35. The number of benzene rings is 1. The maximum Gasteiger partial charge on any atom is 0.455 e. The summed E-state index contributed by atoms with van der Waals surface area (Å²) in [6.45, 7) is -0.993. The van der Waals surface area contributed by atoms with E-state index in [1.54, 1.807) is 0 Å². The van der Waals surface area contributed by atoms with Crippen LogP contribution in [0.4, 0.5) is 27.6 Å². The molecule has 0 aliphatic rings. The van der Waals surface area contributed by atoms with Gasteiger partial charge in [-0.25, -0.2) is 4.79 Å². The molecule has 1 unspecified atom stereocenters. The molecule has 0 fully saturated rings. The van der Waals surface area contributed by atoms with Gasteiger partial charge >= 0.3 is 18.1 Å². The zero-order valence-corrected chi connectivity index (χ0v) is 16.1. The quantitative estimate of drug-likeness (QED) is 0.238. The standard InChI is InChI=1S/C18H24F5NO5/c1-16(9-27-8-7-26-2,10-28-12-17(19,20)18(21,22)23)11-29-15(25)13-3-5-14(24)6-4-13/h3-6H,7-12,24H2,1-2H3. The Labute approximate surface area is 165 Å². The van der Waals surface area contributed by atoms with E-state index in [-0.39, 0.29) is 32.0 Å². The lowest BCUT2D eigenvalue weighted by molar-refractivity contribution is -0.298. The third-order valence-corrected chi connectivity index (χ3v) is 3.73. The second-order valence-electron chi connectivity index (χ2n) is 6.75. The van der Waals surface area contributed by atoms with Gasteiger partial charge in [-0.05, 0) is 24.3 Å². The summed E-state index contributed by atoms with van der Waals surface area (Å²) in [5.74, 6) is -5.71. The van der Waals surface area contributed by atoms with Crippen molar-refractivity contribution in [1.82, 2.24) is 0 Å². The van der Waals surface area contributed by atoms with Crippen LogP contribution in [0.2, 0.25) is 0 Å². The smallest absolute Gasteiger partial charge is 0.455 e. The van der Waals surface area contributed by atoms with E-state index in [0.29, 0.717) is 5.69 Å². The highest BCUT2D eigenvalue weighted by Gasteiger charge is 2.57. The Balaban J connectivity index is 2.69. The molecule has 0 spiro atoms. The van der Waals surface area contributed by atoms with Crippen molar-refractivity contribution in [2.45, 2.75) is 19.0 Å². The van der Waals surface area contributed by atoms with Gasteiger partial charge in [-0.3, -0.25) is 0 Å². The number of ether oxygens (including phenoxy) is 4. The number of hydrogen-bond acceptors (Lipinski definition) is 6. The van der Waals surface area contributed by atoms with E-state index in [0.717, 1.165) is 0 Å². The highest BCUT2D eigenvalue weighted by molar-refractivity contribution is 5.89. The Bertz CT molecular complexity index is 639. The van der Waals surface area contributed by atoms with Crippen molar-refractivity contribution in [2.24, 2.45) is 5.41 Å². The first-order valence-electron chi connectivity index (χ1n) is 8.52. The average Bonchev–Trinajstić information content (AvgIpc) is 2.63. The fourth-order valence-corrected chi connectivity index (χ4v) is 2.04. The molecule has 0 saturated heterocycles. The number of alkyl halides is 5. The van der Waals surface area contributed by atoms with Crippen LogP contribution in [0.5, 0.6) is 0 Å². The van der Waals surface area contributed by atoms with Gasteiger partial charge < -0.3 is 24.7 Å². The SMILES string of the molecule is COCCOCC(C)(COCC(F)(F)C(F)(F)F)COC(=O)c1ccc(N)cc1. The fourth-order valence-electron chi connectivity index (χ4n) is 2.04. The zero-order chi connectivity index (χ0) is 22.1. The number of carbonyl (C=O) groups is 1. The average molecular weight is 429 g/mol. The fraction of sp³-hybridized carbons (Fsp3) is 0.611. The van der Waals surface area contributed by atoms with Crippen molar-refractivity contribution in [3.8, 4) is 0 Å². The van der Waals surface area contributed by atoms with E-state index >= 15 is 0 Å². The number of halogens is 5. The van der Waals surface area contributed by atoms with Gasteiger partial charge in [0, 0.05) is 18.2 Å². The van der Waals surface area contributed by atoms with Crippen LogP contribution >= 0.6 is 0 Å². The molecule has 29 heavy (non-hydrogen) atoms. The van der Waals surface area contributed by atoms with Crippen LogP contribution in [0.15, 0.2) is 24.3 Å². The maximum absolute atomic E-state index is 13.0. The van der Waals surface area contributed by atoms with Gasteiger partial charge in [0.1, 0.15) is 13.2 Å².